The molecule has 66 valence electrons. The summed E-state index contributed by atoms with van der Waals surface area (Å²) in [5.41, 5.74) is 1.14. The number of halogens is 1. The van der Waals surface area contributed by atoms with Gasteiger partial charge in [0, 0.05) is 5.56 Å². The van der Waals surface area contributed by atoms with Crippen LogP contribution in [0.4, 0.5) is 4.39 Å². The SMILES string of the molecule is Cc1ccc(F)c(O)c1CON. The van der Waals surface area contributed by atoms with Crippen LogP contribution in [0.5, 0.6) is 5.75 Å². The first-order valence-corrected chi connectivity index (χ1v) is 3.45. The second kappa shape index (κ2) is 3.51. The molecule has 0 aliphatic carbocycles. The van der Waals surface area contributed by atoms with Gasteiger partial charge in [-0.2, -0.15) is 0 Å². The van der Waals surface area contributed by atoms with Crippen molar-refractivity contribution in [1.82, 2.24) is 0 Å². The molecule has 1 aromatic carbocycles. The number of phenols is 1. The second-order valence-electron chi connectivity index (χ2n) is 2.50. The van der Waals surface area contributed by atoms with E-state index in [2.05, 4.69) is 4.84 Å². The molecule has 1 aromatic rings. The minimum Gasteiger partial charge on any atom is -0.505 e. The van der Waals surface area contributed by atoms with Crippen molar-refractivity contribution < 1.29 is 14.3 Å². The Morgan fingerprint density at radius 1 is 1.58 bits per heavy atom. The van der Waals surface area contributed by atoms with Crippen LogP contribution < -0.4 is 5.90 Å². The molecule has 0 spiro atoms. The highest BCUT2D eigenvalue weighted by Gasteiger charge is 2.09. The van der Waals surface area contributed by atoms with Crippen LogP contribution >= 0.6 is 0 Å². The van der Waals surface area contributed by atoms with Crippen LogP contribution in [-0.2, 0) is 11.4 Å². The van der Waals surface area contributed by atoms with Gasteiger partial charge in [-0.1, -0.05) is 6.07 Å². The molecule has 0 aliphatic rings. The first-order chi connectivity index (χ1) is 5.66. The number of phenolic OH excluding ortho intramolecular Hbond substituents is 1. The fourth-order valence-corrected chi connectivity index (χ4v) is 0.974. The smallest absolute Gasteiger partial charge is 0.165 e. The Hall–Kier alpha value is -1.13. The van der Waals surface area contributed by atoms with E-state index in [0.29, 0.717) is 5.56 Å². The Kier molecular flexibility index (Phi) is 2.62. The van der Waals surface area contributed by atoms with Gasteiger partial charge in [0.25, 0.3) is 0 Å². The lowest BCUT2D eigenvalue weighted by Crippen LogP contribution is -2.01. The van der Waals surface area contributed by atoms with E-state index in [1.54, 1.807) is 13.0 Å². The number of rotatable bonds is 2. The van der Waals surface area contributed by atoms with Crippen molar-refractivity contribution >= 4 is 0 Å². The summed E-state index contributed by atoms with van der Waals surface area (Å²) in [6.45, 7) is 1.75. The fourth-order valence-electron chi connectivity index (χ4n) is 0.974. The molecule has 0 saturated carbocycles. The van der Waals surface area contributed by atoms with E-state index in [1.807, 2.05) is 0 Å². The number of benzene rings is 1. The van der Waals surface area contributed by atoms with Crippen LogP contribution in [0.3, 0.4) is 0 Å². The Balaban J connectivity index is 3.14. The maximum Gasteiger partial charge on any atom is 0.165 e. The summed E-state index contributed by atoms with van der Waals surface area (Å²) in [7, 11) is 0. The summed E-state index contributed by atoms with van der Waals surface area (Å²) < 4.78 is 12.7. The van der Waals surface area contributed by atoms with Crippen LogP contribution in [0.1, 0.15) is 11.1 Å². The zero-order valence-electron chi connectivity index (χ0n) is 6.67. The van der Waals surface area contributed by atoms with Crippen molar-refractivity contribution in [1.29, 1.82) is 0 Å². The molecule has 0 atom stereocenters. The average molecular weight is 171 g/mol. The maximum absolute atomic E-state index is 12.7. The van der Waals surface area contributed by atoms with E-state index in [4.69, 9.17) is 5.90 Å². The Morgan fingerprint density at radius 3 is 2.83 bits per heavy atom. The highest BCUT2D eigenvalue weighted by molar-refractivity contribution is 5.39. The summed E-state index contributed by atoms with van der Waals surface area (Å²) in [5.74, 6) is 3.77. The Morgan fingerprint density at radius 2 is 2.25 bits per heavy atom. The van der Waals surface area contributed by atoms with Crippen LogP contribution in [0.25, 0.3) is 0 Å². The molecule has 0 aliphatic heterocycles. The van der Waals surface area contributed by atoms with Gasteiger partial charge in [-0.25, -0.2) is 10.3 Å². The van der Waals surface area contributed by atoms with Gasteiger partial charge in [0.15, 0.2) is 11.6 Å². The van der Waals surface area contributed by atoms with Crippen molar-refractivity contribution in [3.63, 3.8) is 0 Å². The molecule has 3 nitrogen and oxygen atoms in total. The monoisotopic (exact) mass is 171 g/mol. The zero-order valence-corrected chi connectivity index (χ0v) is 6.67. The number of aryl methyl sites for hydroxylation is 1. The number of hydrogen-bond acceptors (Lipinski definition) is 3. The Bertz CT molecular complexity index is 289. The van der Waals surface area contributed by atoms with E-state index in [9.17, 15) is 9.50 Å². The second-order valence-corrected chi connectivity index (χ2v) is 2.50. The summed E-state index contributed by atoms with van der Waals surface area (Å²) in [4.78, 5) is 4.32. The average Bonchev–Trinajstić information content (AvgIpc) is 2.06. The molecule has 0 bridgehead atoms. The molecule has 0 amide bonds. The van der Waals surface area contributed by atoms with E-state index < -0.39 is 5.82 Å². The molecule has 4 heteroatoms. The molecular weight excluding hydrogens is 161 g/mol. The van der Waals surface area contributed by atoms with Crippen LogP contribution in [-0.4, -0.2) is 5.11 Å². The Labute approximate surface area is 69.5 Å². The third-order valence-electron chi connectivity index (χ3n) is 1.70. The van der Waals surface area contributed by atoms with Gasteiger partial charge < -0.3 is 5.11 Å². The molecule has 1 rings (SSSR count). The quantitative estimate of drug-likeness (QED) is 0.658. The van der Waals surface area contributed by atoms with Crippen molar-refractivity contribution in [3.8, 4) is 5.75 Å². The first-order valence-electron chi connectivity index (χ1n) is 3.45. The third-order valence-corrected chi connectivity index (χ3v) is 1.70. The molecular formula is C8H10FNO2. The summed E-state index contributed by atoms with van der Waals surface area (Å²) in [5, 5.41) is 9.20. The van der Waals surface area contributed by atoms with Crippen molar-refractivity contribution in [2.45, 2.75) is 13.5 Å². The van der Waals surface area contributed by atoms with Gasteiger partial charge in [0.05, 0.1) is 6.61 Å². The van der Waals surface area contributed by atoms with Gasteiger partial charge in [0.1, 0.15) is 0 Å². The molecule has 0 radical (unpaired) electrons. The third kappa shape index (κ3) is 1.54. The summed E-state index contributed by atoms with van der Waals surface area (Å²) in [6, 6.07) is 2.76. The minimum atomic E-state index is -0.660. The minimum absolute atomic E-state index is 0.00935. The zero-order chi connectivity index (χ0) is 9.14. The number of nitrogens with two attached hydrogens (primary N) is 1. The predicted octanol–water partition coefficient (Wildman–Crippen LogP) is 1.23. The number of aromatic hydroxyl groups is 1. The lowest BCUT2D eigenvalue weighted by atomic mass is 10.1. The van der Waals surface area contributed by atoms with Crippen molar-refractivity contribution in [3.05, 3.63) is 29.1 Å². The molecule has 0 unspecified atom stereocenters. The van der Waals surface area contributed by atoms with E-state index >= 15 is 0 Å². The summed E-state index contributed by atoms with van der Waals surface area (Å²) >= 11 is 0. The van der Waals surface area contributed by atoms with Gasteiger partial charge >= 0.3 is 0 Å². The molecule has 12 heavy (non-hydrogen) atoms. The lowest BCUT2D eigenvalue weighted by molar-refractivity contribution is 0.121. The molecule has 0 heterocycles. The number of hydrogen-bond donors (Lipinski definition) is 2. The lowest BCUT2D eigenvalue weighted by Gasteiger charge is -2.06. The van der Waals surface area contributed by atoms with Gasteiger partial charge in [-0.05, 0) is 18.6 Å². The molecule has 0 fully saturated rings. The van der Waals surface area contributed by atoms with E-state index in [-0.39, 0.29) is 12.4 Å². The highest BCUT2D eigenvalue weighted by atomic mass is 19.1. The first kappa shape index (κ1) is 8.96. The van der Waals surface area contributed by atoms with Gasteiger partial charge in [-0.15, -0.1) is 0 Å². The molecule has 0 saturated heterocycles. The van der Waals surface area contributed by atoms with Crippen LogP contribution in [0, 0.1) is 12.7 Å². The van der Waals surface area contributed by atoms with Gasteiger partial charge in [-0.3, -0.25) is 4.84 Å². The summed E-state index contributed by atoms with van der Waals surface area (Å²) in [6.07, 6.45) is 0. The molecule has 3 N–H and O–H groups in total. The highest BCUT2D eigenvalue weighted by Crippen LogP contribution is 2.24. The van der Waals surface area contributed by atoms with E-state index in [1.165, 1.54) is 6.07 Å². The largest absolute Gasteiger partial charge is 0.505 e. The van der Waals surface area contributed by atoms with Gasteiger partial charge in [0.2, 0.25) is 0 Å². The van der Waals surface area contributed by atoms with E-state index in [0.717, 1.165) is 5.56 Å². The molecule has 0 aromatic heterocycles. The topological polar surface area (TPSA) is 55.5 Å². The van der Waals surface area contributed by atoms with Crippen LogP contribution in [0.2, 0.25) is 0 Å². The normalized spacial score (nSPS) is 10.2. The maximum atomic E-state index is 12.7. The van der Waals surface area contributed by atoms with Crippen molar-refractivity contribution in [2.75, 3.05) is 0 Å². The fraction of sp³-hybridized carbons (Fsp3) is 0.250. The standard InChI is InChI=1S/C8H10FNO2/c1-5-2-3-7(9)8(11)6(5)4-12-10/h2-3,11H,4,10H2,1H3. The predicted molar refractivity (Wildman–Crippen MR) is 41.8 cm³/mol. The van der Waals surface area contributed by atoms with Crippen molar-refractivity contribution in [2.24, 2.45) is 5.90 Å². The van der Waals surface area contributed by atoms with Crippen LogP contribution in [0.15, 0.2) is 12.1 Å².